The summed E-state index contributed by atoms with van der Waals surface area (Å²) in [7, 11) is 0. The number of halogens is 2. The smallest absolute Gasteiger partial charge is 0.244 e. The second-order valence-corrected chi connectivity index (χ2v) is 7.43. The molecule has 0 fully saturated rings. The molecule has 0 aliphatic heterocycles. The molecule has 0 aliphatic rings. The van der Waals surface area contributed by atoms with Gasteiger partial charge in [-0.1, -0.05) is 35.3 Å². The highest BCUT2D eigenvalue weighted by Gasteiger charge is 2.07. The summed E-state index contributed by atoms with van der Waals surface area (Å²) >= 11 is 12.1. The highest BCUT2D eigenvalue weighted by molar-refractivity contribution is 6.36. The van der Waals surface area contributed by atoms with Crippen molar-refractivity contribution in [2.24, 2.45) is 0 Å². The first-order valence-electron chi connectivity index (χ1n) is 8.96. The Balaban J connectivity index is 1.53. The van der Waals surface area contributed by atoms with Gasteiger partial charge in [0.05, 0.1) is 21.8 Å². The molecule has 7 heteroatoms. The minimum atomic E-state index is -0.167. The molecule has 1 amide bonds. The van der Waals surface area contributed by atoms with Gasteiger partial charge in [0.1, 0.15) is 5.75 Å². The number of pyridine rings is 1. The van der Waals surface area contributed by atoms with E-state index in [-0.39, 0.29) is 12.0 Å². The average Bonchev–Trinajstić information content (AvgIpc) is 3.03. The minimum absolute atomic E-state index is 0.105. The average molecular weight is 418 g/mol. The topological polar surface area (TPSA) is 55.6 Å². The number of hydrogen-bond acceptors (Lipinski definition) is 3. The number of nitrogens with one attached hydrogen (secondary N) is 1. The van der Waals surface area contributed by atoms with Crippen LogP contribution in [0.15, 0.2) is 48.8 Å². The van der Waals surface area contributed by atoms with Gasteiger partial charge in [0.25, 0.3) is 0 Å². The second kappa shape index (κ2) is 9.13. The van der Waals surface area contributed by atoms with Gasteiger partial charge in [-0.3, -0.25) is 4.79 Å². The third-order valence-electron chi connectivity index (χ3n) is 3.86. The van der Waals surface area contributed by atoms with Crippen molar-refractivity contribution in [1.82, 2.24) is 14.7 Å². The van der Waals surface area contributed by atoms with Gasteiger partial charge >= 0.3 is 0 Å². The first kappa shape index (κ1) is 20.2. The van der Waals surface area contributed by atoms with Gasteiger partial charge in [0, 0.05) is 31.4 Å². The fraction of sp³-hybridized carbons (Fsp3) is 0.238. The third kappa shape index (κ3) is 5.50. The van der Waals surface area contributed by atoms with Gasteiger partial charge in [-0.05, 0) is 43.7 Å². The Morgan fingerprint density at radius 2 is 2.11 bits per heavy atom. The van der Waals surface area contributed by atoms with E-state index >= 15 is 0 Å². The van der Waals surface area contributed by atoms with Crippen molar-refractivity contribution >= 4 is 40.8 Å². The molecule has 0 spiro atoms. The molecule has 0 saturated heterocycles. The summed E-state index contributed by atoms with van der Waals surface area (Å²) in [5, 5.41) is 3.89. The molecule has 28 heavy (non-hydrogen) atoms. The molecule has 146 valence electrons. The fourth-order valence-corrected chi connectivity index (χ4v) is 3.23. The predicted molar refractivity (Wildman–Crippen MR) is 113 cm³/mol. The monoisotopic (exact) mass is 417 g/mol. The van der Waals surface area contributed by atoms with Gasteiger partial charge in [0.2, 0.25) is 5.91 Å². The molecule has 0 atom stereocenters. The molecule has 2 heterocycles. The Hall–Kier alpha value is -2.50. The van der Waals surface area contributed by atoms with E-state index in [4.69, 9.17) is 27.9 Å². The van der Waals surface area contributed by atoms with E-state index in [1.54, 1.807) is 22.7 Å². The predicted octanol–water partition coefficient (Wildman–Crippen LogP) is 4.80. The molecule has 0 aliphatic carbocycles. The van der Waals surface area contributed by atoms with E-state index < -0.39 is 0 Å². The molecular formula is C21H21Cl2N3O2. The van der Waals surface area contributed by atoms with Gasteiger partial charge in [-0.25, -0.2) is 4.98 Å². The van der Waals surface area contributed by atoms with Crippen molar-refractivity contribution in [2.75, 3.05) is 6.54 Å². The Kier molecular flexibility index (Phi) is 6.60. The summed E-state index contributed by atoms with van der Waals surface area (Å²) in [6, 6.07) is 9.27. The quantitative estimate of drug-likeness (QED) is 0.561. The maximum Gasteiger partial charge on any atom is 0.244 e. The van der Waals surface area contributed by atoms with Crippen molar-refractivity contribution in [1.29, 1.82) is 0 Å². The summed E-state index contributed by atoms with van der Waals surface area (Å²) in [4.78, 5) is 16.5. The van der Waals surface area contributed by atoms with Crippen LogP contribution in [0.4, 0.5) is 0 Å². The Labute approximate surface area is 173 Å². The summed E-state index contributed by atoms with van der Waals surface area (Å²) in [5.41, 5.74) is 2.38. The molecule has 0 unspecified atom stereocenters. The van der Waals surface area contributed by atoms with E-state index in [0.29, 0.717) is 28.7 Å². The number of hydrogen-bond donors (Lipinski definition) is 1. The lowest BCUT2D eigenvalue weighted by Gasteiger charge is -2.09. The molecule has 3 aromatic rings. The third-order valence-corrected chi connectivity index (χ3v) is 4.35. The van der Waals surface area contributed by atoms with Crippen LogP contribution in [0.25, 0.3) is 11.7 Å². The maximum atomic E-state index is 12.0. The molecule has 0 radical (unpaired) electrons. The van der Waals surface area contributed by atoms with E-state index in [2.05, 4.69) is 10.3 Å². The molecule has 2 aromatic heterocycles. The van der Waals surface area contributed by atoms with Gasteiger partial charge in [-0.2, -0.15) is 0 Å². The number of aromatic nitrogens is 2. The Morgan fingerprint density at radius 1 is 1.29 bits per heavy atom. The number of ether oxygens (including phenoxy) is 1. The van der Waals surface area contributed by atoms with E-state index in [1.165, 1.54) is 6.08 Å². The van der Waals surface area contributed by atoms with Gasteiger partial charge in [-0.15, -0.1) is 0 Å². The Bertz CT molecular complexity index is 1010. The first-order chi connectivity index (χ1) is 13.4. The van der Waals surface area contributed by atoms with E-state index in [9.17, 15) is 4.79 Å². The molecule has 0 bridgehead atoms. The lowest BCUT2D eigenvalue weighted by Crippen LogP contribution is -2.23. The largest absolute Gasteiger partial charge is 0.491 e. The highest BCUT2D eigenvalue weighted by atomic mass is 35.5. The SMILES string of the molecule is CC(C)Oc1cccc(/C=C/C(=O)NCCc2cn3cc(Cl)cc(Cl)c3n2)c1. The fourth-order valence-electron chi connectivity index (χ4n) is 2.70. The lowest BCUT2D eigenvalue weighted by molar-refractivity contribution is -0.116. The van der Waals surface area contributed by atoms with Crippen molar-refractivity contribution < 1.29 is 9.53 Å². The van der Waals surface area contributed by atoms with E-state index in [1.807, 2.05) is 44.3 Å². The Morgan fingerprint density at radius 3 is 2.89 bits per heavy atom. The van der Waals surface area contributed by atoms with E-state index in [0.717, 1.165) is 17.0 Å². The second-order valence-electron chi connectivity index (χ2n) is 6.58. The van der Waals surface area contributed by atoms with Crippen molar-refractivity contribution in [3.05, 3.63) is 70.1 Å². The number of carbonyl (C=O) groups is 1. The van der Waals surface area contributed by atoms with Crippen molar-refractivity contribution in [3.63, 3.8) is 0 Å². The van der Waals surface area contributed by atoms with Gasteiger partial charge < -0.3 is 14.5 Å². The van der Waals surface area contributed by atoms with Crippen LogP contribution in [-0.2, 0) is 11.2 Å². The van der Waals surface area contributed by atoms with Crippen LogP contribution in [0.3, 0.4) is 0 Å². The number of fused-ring (bicyclic) bond motifs is 1. The number of benzene rings is 1. The van der Waals surface area contributed by atoms with Crippen molar-refractivity contribution in [2.45, 2.75) is 26.4 Å². The summed E-state index contributed by atoms with van der Waals surface area (Å²) < 4.78 is 7.44. The molecule has 0 saturated carbocycles. The van der Waals surface area contributed by atoms with Crippen LogP contribution in [0.1, 0.15) is 25.1 Å². The lowest BCUT2D eigenvalue weighted by atomic mass is 10.2. The van der Waals surface area contributed by atoms with Crippen LogP contribution < -0.4 is 10.1 Å². The number of carbonyl (C=O) groups excluding carboxylic acids is 1. The minimum Gasteiger partial charge on any atom is -0.491 e. The number of rotatable bonds is 7. The zero-order valence-electron chi connectivity index (χ0n) is 15.7. The molecule has 1 N–H and O–H groups in total. The molecule has 3 rings (SSSR count). The van der Waals surface area contributed by atoms with Crippen LogP contribution in [0.2, 0.25) is 10.0 Å². The van der Waals surface area contributed by atoms with Crippen LogP contribution >= 0.6 is 23.2 Å². The normalized spacial score (nSPS) is 11.5. The number of nitrogens with zero attached hydrogens (tertiary/aromatic N) is 2. The molecule has 1 aromatic carbocycles. The first-order valence-corrected chi connectivity index (χ1v) is 9.71. The summed E-state index contributed by atoms with van der Waals surface area (Å²) in [5.74, 6) is 0.614. The maximum absolute atomic E-state index is 12.0. The summed E-state index contributed by atoms with van der Waals surface area (Å²) in [6.07, 6.45) is 7.57. The summed E-state index contributed by atoms with van der Waals surface area (Å²) in [6.45, 7) is 4.41. The van der Waals surface area contributed by atoms with Crippen LogP contribution in [0.5, 0.6) is 5.75 Å². The van der Waals surface area contributed by atoms with Crippen LogP contribution in [0, 0.1) is 0 Å². The number of imidazole rings is 1. The van der Waals surface area contributed by atoms with Gasteiger partial charge in [0.15, 0.2) is 5.65 Å². The highest BCUT2D eigenvalue weighted by Crippen LogP contribution is 2.21. The molecular weight excluding hydrogens is 397 g/mol. The zero-order chi connectivity index (χ0) is 20.1. The van der Waals surface area contributed by atoms with Crippen molar-refractivity contribution in [3.8, 4) is 5.75 Å². The number of amides is 1. The standard InChI is InChI=1S/C21H21Cl2N3O2/c1-14(2)28-18-5-3-4-15(10-18)6-7-20(27)24-9-8-17-13-26-12-16(22)11-19(23)21(26)25-17/h3-7,10-14H,8-9H2,1-2H3,(H,24,27)/b7-6+. The van der Waals surface area contributed by atoms with Crippen LogP contribution in [-0.4, -0.2) is 27.9 Å². The molecule has 5 nitrogen and oxygen atoms in total. The zero-order valence-corrected chi connectivity index (χ0v) is 17.2.